The molecule has 3 aromatic rings. The number of halogens is 2. The second kappa shape index (κ2) is 4.24. The van der Waals surface area contributed by atoms with Crippen LogP contribution >= 0.6 is 11.6 Å². The molecule has 0 unspecified atom stereocenters. The number of hydrogen-bond acceptors (Lipinski definition) is 2. The smallest absolute Gasteiger partial charge is 0.157 e. The third kappa shape index (κ3) is 1.85. The Bertz CT molecular complexity index is 780. The van der Waals surface area contributed by atoms with E-state index in [1.807, 2.05) is 6.92 Å². The number of rotatable bonds is 1. The van der Waals surface area contributed by atoms with E-state index in [4.69, 9.17) is 17.3 Å². The molecule has 2 heterocycles. The Morgan fingerprint density at radius 2 is 2.11 bits per heavy atom. The molecule has 0 saturated heterocycles. The number of hydrogen-bond donors (Lipinski definition) is 1. The van der Waals surface area contributed by atoms with Crippen molar-refractivity contribution in [1.29, 1.82) is 0 Å². The van der Waals surface area contributed by atoms with Gasteiger partial charge in [0.05, 0.1) is 5.02 Å². The van der Waals surface area contributed by atoms with Crippen molar-refractivity contribution in [2.45, 2.75) is 6.92 Å². The van der Waals surface area contributed by atoms with Crippen LogP contribution in [-0.4, -0.2) is 9.38 Å². The van der Waals surface area contributed by atoms with E-state index in [0.717, 1.165) is 11.1 Å². The molecule has 0 aliphatic carbocycles. The molecule has 3 nitrogen and oxygen atoms in total. The van der Waals surface area contributed by atoms with Gasteiger partial charge in [-0.05, 0) is 42.8 Å². The van der Waals surface area contributed by atoms with E-state index in [0.29, 0.717) is 22.2 Å². The summed E-state index contributed by atoms with van der Waals surface area (Å²) in [6, 6.07) is 8.09. The maximum atomic E-state index is 13.2. The monoisotopic (exact) mass is 275 g/mol. The molecular formula is C14H11ClFN3. The van der Waals surface area contributed by atoms with Gasteiger partial charge in [0.25, 0.3) is 0 Å². The number of imidazole rings is 1. The predicted octanol–water partition coefficient (Wildman–Crippen LogP) is 3.68. The van der Waals surface area contributed by atoms with Crippen LogP contribution in [0.15, 0.2) is 36.5 Å². The summed E-state index contributed by atoms with van der Waals surface area (Å²) in [5.41, 5.74) is 8.90. The molecule has 0 fully saturated rings. The van der Waals surface area contributed by atoms with Crippen molar-refractivity contribution in [1.82, 2.24) is 9.38 Å². The molecule has 19 heavy (non-hydrogen) atoms. The van der Waals surface area contributed by atoms with Crippen LogP contribution < -0.4 is 5.73 Å². The number of nitrogens with two attached hydrogens (primary N) is 1. The van der Waals surface area contributed by atoms with Crippen molar-refractivity contribution in [3.8, 4) is 11.3 Å². The molecule has 0 amide bonds. The number of benzene rings is 1. The van der Waals surface area contributed by atoms with Gasteiger partial charge in [-0.3, -0.25) is 4.40 Å². The number of nitrogens with zero attached hydrogens (tertiary/aromatic N) is 2. The van der Waals surface area contributed by atoms with E-state index in [2.05, 4.69) is 4.98 Å². The zero-order valence-electron chi connectivity index (χ0n) is 10.2. The second-order valence-electron chi connectivity index (χ2n) is 4.35. The van der Waals surface area contributed by atoms with E-state index < -0.39 is 0 Å². The van der Waals surface area contributed by atoms with Gasteiger partial charge in [0.1, 0.15) is 17.3 Å². The highest BCUT2D eigenvalue weighted by atomic mass is 35.5. The Hall–Kier alpha value is -2.07. The van der Waals surface area contributed by atoms with Crippen molar-refractivity contribution >= 4 is 23.1 Å². The summed E-state index contributed by atoms with van der Waals surface area (Å²) in [5.74, 6) is 0.217. The van der Waals surface area contributed by atoms with Gasteiger partial charge in [-0.15, -0.1) is 0 Å². The standard InChI is InChI=1S/C14H11ClFN3/c1-8-7-9(16)4-5-10(8)12-13(17)19-6-2-3-11(15)14(19)18-12/h2-7H,17H2,1H3. The van der Waals surface area contributed by atoms with Crippen LogP contribution in [-0.2, 0) is 0 Å². The molecule has 96 valence electrons. The largest absolute Gasteiger partial charge is 0.383 e. The minimum absolute atomic E-state index is 0.276. The average molecular weight is 276 g/mol. The molecule has 0 radical (unpaired) electrons. The highest BCUT2D eigenvalue weighted by molar-refractivity contribution is 6.33. The molecule has 2 aromatic heterocycles. The highest BCUT2D eigenvalue weighted by Crippen LogP contribution is 2.31. The van der Waals surface area contributed by atoms with E-state index in [9.17, 15) is 4.39 Å². The van der Waals surface area contributed by atoms with Gasteiger partial charge in [-0.2, -0.15) is 0 Å². The maximum absolute atomic E-state index is 13.2. The Morgan fingerprint density at radius 1 is 1.32 bits per heavy atom. The lowest BCUT2D eigenvalue weighted by Gasteiger charge is -2.03. The van der Waals surface area contributed by atoms with Crippen molar-refractivity contribution in [2.75, 3.05) is 5.73 Å². The molecule has 0 bridgehead atoms. The normalized spacial score (nSPS) is 11.1. The average Bonchev–Trinajstić information content (AvgIpc) is 2.69. The van der Waals surface area contributed by atoms with Crippen LogP contribution in [0, 0.1) is 12.7 Å². The first-order chi connectivity index (χ1) is 9.08. The first-order valence-corrected chi connectivity index (χ1v) is 6.14. The van der Waals surface area contributed by atoms with Crippen molar-refractivity contribution in [3.05, 3.63) is 52.9 Å². The minimum atomic E-state index is -0.276. The molecule has 0 atom stereocenters. The predicted molar refractivity (Wildman–Crippen MR) is 74.7 cm³/mol. The van der Waals surface area contributed by atoms with E-state index in [-0.39, 0.29) is 5.82 Å². The van der Waals surface area contributed by atoms with Crippen molar-refractivity contribution < 1.29 is 4.39 Å². The number of anilines is 1. The third-order valence-corrected chi connectivity index (χ3v) is 3.38. The number of aromatic nitrogens is 2. The fourth-order valence-electron chi connectivity index (χ4n) is 2.14. The number of fused-ring (bicyclic) bond motifs is 1. The van der Waals surface area contributed by atoms with Gasteiger partial charge in [-0.1, -0.05) is 11.6 Å². The summed E-state index contributed by atoms with van der Waals surface area (Å²) in [4.78, 5) is 4.46. The van der Waals surface area contributed by atoms with Crippen molar-refractivity contribution in [3.63, 3.8) is 0 Å². The first-order valence-electron chi connectivity index (χ1n) is 5.76. The summed E-state index contributed by atoms with van der Waals surface area (Å²) in [6.45, 7) is 1.82. The lowest BCUT2D eigenvalue weighted by molar-refractivity contribution is 0.627. The maximum Gasteiger partial charge on any atom is 0.157 e. The molecule has 0 spiro atoms. The fraction of sp³-hybridized carbons (Fsp3) is 0.0714. The van der Waals surface area contributed by atoms with Gasteiger partial charge in [-0.25, -0.2) is 9.37 Å². The molecule has 0 saturated carbocycles. The highest BCUT2D eigenvalue weighted by Gasteiger charge is 2.14. The van der Waals surface area contributed by atoms with E-state index in [1.54, 1.807) is 28.8 Å². The van der Waals surface area contributed by atoms with Crippen LogP contribution in [0.25, 0.3) is 16.9 Å². The molecule has 0 aliphatic rings. The second-order valence-corrected chi connectivity index (χ2v) is 4.76. The molecular weight excluding hydrogens is 265 g/mol. The fourth-order valence-corrected chi connectivity index (χ4v) is 2.35. The Labute approximate surface area is 114 Å². The van der Waals surface area contributed by atoms with Gasteiger partial charge in [0.15, 0.2) is 5.65 Å². The molecule has 0 aliphatic heterocycles. The minimum Gasteiger partial charge on any atom is -0.383 e. The van der Waals surface area contributed by atoms with Gasteiger partial charge in [0, 0.05) is 11.8 Å². The zero-order chi connectivity index (χ0) is 13.6. The number of aryl methyl sites for hydroxylation is 1. The van der Waals surface area contributed by atoms with Gasteiger partial charge < -0.3 is 5.73 Å². The Balaban J connectivity index is 2.31. The molecule has 1 aromatic carbocycles. The summed E-state index contributed by atoms with van der Waals surface area (Å²) < 4.78 is 14.9. The third-order valence-electron chi connectivity index (χ3n) is 3.08. The van der Waals surface area contributed by atoms with Crippen LogP contribution in [0.4, 0.5) is 10.2 Å². The lowest BCUT2D eigenvalue weighted by atomic mass is 10.1. The molecule has 5 heteroatoms. The Kier molecular flexibility index (Phi) is 2.68. The summed E-state index contributed by atoms with van der Waals surface area (Å²) >= 11 is 6.10. The zero-order valence-corrected chi connectivity index (χ0v) is 10.9. The summed E-state index contributed by atoms with van der Waals surface area (Å²) in [5, 5.41) is 0.528. The SMILES string of the molecule is Cc1cc(F)ccc1-c1nc2c(Cl)cccn2c1N. The van der Waals surface area contributed by atoms with Crippen LogP contribution in [0.5, 0.6) is 0 Å². The van der Waals surface area contributed by atoms with E-state index in [1.165, 1.54) is 12.1 Å². The molecule has 2 N–H and O–H groups in total. The van der Waals surface area contributed by atoms with Crippen LogP contribution in [0.1, 0.15) is 5.56 Å². The number of pyridine rings is 1. The van der Waals surface area contributed by atoms with E-state index >= 15 is 0 Å². The topological polar surface area (TPSA) is 43.3 Å². The van der Waals surface area contributed by atoms with Gasteiger partial charge in [0.2, 0.25) is 0 Å². The number of nitrogen functional groups attached to an aromatic ring is 1. The van der Waals surface area contributed by atoms with Gasteiger partial charge >= 0.3 is 0 Å². The molecule has 3 rings (SSSR count). The van der Waals surface area contributed by atoms with Crippen LogP contribution in [0.3, 0.4) is 0 Å². The Morgan fingerprint density at radius 3 is 2.79 bits per heavy atom. The summed E-state index contributed by atoms with van der Waals surface area (Å²) in [7, 11) is 0. The van der Waals surface area contributed by atoms with Crippen molar-refractivity contribution in [2.24, 2.45) is 0 Å². The van der Waals surface area contributed by atoms with Crippen LogP contribution in [0.2, 0.25) is 5.02 Å². The summed E-state index contributed by atoms with van der Waals surface area (Å²) in [6.07, 6.45) is 1.80. The quantitative estimate of drug-likeness (QED) is 0.736. The first kappa shape index (κ1) is 12.0. The lowest BCUT2D eigenvalue weighted by Crippen LogP contribution is -1.95.